The molecule has 314 valence electrons. The van der Waals surface area contributed by atoms with Crippen molar-refractivity contribution < 1.29 is 0 Å². The van der Waals surface area contributed by atoms with Gasteiger partial charge in [0, 0.05) is 22.2 Å². The molecule has 3 heteroatoms. The van der Waals surface area contributed by atoms with Crippen molar-refractivity contribution in [2.24, 2.45) is 0 Å². The minimum absolute atomic E-state index is 0.674. The predicted molar refractivity (Wildman–Crippen MR) is 280 cm³/mol. The topological polar surface area (TPSA) is 30.7 Å². The summed E-state index contributed by atoms with van der Waals surface area (Å²) in [4.78, 5) is 10.9. The van der Waals surface area contributed by atoms with Gasteiger partial charge in [0.25, 0.3) is 0 Å². The fourth-order valence-corrected chi connectivity index (χ4v) is 9.47. The second-order valence-corrected chi connectivity index (χ2v) is 17.0. The van der Waals surface area contributed by atoms with E-state index >= 15 is 0 Å². The summed E-state index contributed by atoms with van der Waals surface area (Å²) < 4.78 is 2.28. The number of rotatable bonds is 9. The smallest absolute Gasteiger partial charge is 0.162 e. The van der Waals surface area contributed by atoms with E-state index in [-0.39, 0.29) is 0 Å². The minimum atomic E-state index is 0.674. The first-order valence-electron chi connectivity index (χ1n) is 22.8. The molecule has 0 saturated carbocycles. The summed E-state index contributed by atoms with van der Waals surface area (Å²) in [6.07, 6.45) is 0. The van der Waals surface area contributed by atoms with E-state index in [2.05, 4.69) is 265 Å². The Balaban J connectivity index is 0.934. The number of fused-ring (bicyclic) bond motifs is 3. The van der Waals surface area contributed by atoms with E-state index in [0.717, 1.165) is 72.3 Å². The van der Waals surface area contributed by atoms with Crippen molar-refractivity contribution in [2.45, 2.75) is 0 Å². The van der Waals surface area contributed by atoms with Gasteiger partial charge in [-0.25, -0.2) is 9.97 Å². The first-order chi connectivity index (χ1) is 33.2. The Morgan fingerprint density at radius 1 is 0.254 bits per heavy atom. The Labute approximate surface area is 390 Å². The first kappa shape index (κ1) is 39.7. The van der Waals surface area contributed by atoms with Crippen molar-refractivity contribution in [2.75, 3.05) is 0 Å². The highest BCUT2D eigenvalue weighted by atomic mass is 15.1. The Kier molecular flexibility index (Phi) is 10.2. The molecule has 0 aliphatic heterocycles. The Bertz CT molecular complexity index is 3650. The molecule has 0 radical (unpaired) electrons. The third kappa shape index (κ3) is 7.69. The summed E-state index contributed by atoms with van der Waals surface area (Å²) in [6.45, 7) is 0. The van der Waals surface area contributed by atoms with E-state index in [9.17, 15) is 0 Å². The van der Waals surface area contributed by atoms with Crippen LogP contribution in [0.15, 0.2) is 261 Å². The van der Waals surface area contributed by atoms with E-state index in [4.69, 9.17) is 9.97 Å². The second kappa shape index (κ2) is 17.2. The molecule has 2 aromatic heterocycles. The van der Waals surface area contributed by atoms with E-state index < -0.39 is 0 Å². The molecule has 0 N–H and O–H groups in total. The van der Waals surface area contributed by atoms with Gasteiger partial charge in [-0.15, -0.1) is 0 Å². The van der Waals surface area contributed by atoms with Gasteiger partial charge in [0.05, 0.1) is 16.6 Å². The maximum Gasteiger partial charge on any atom is 0.162 e. The van der Waals surface area contributed by atoms with Crippen LogP contribution in [-0.4, -0.2) is 14.5 Å². The average Bonchev–Trinajstić information content (AvgIpc) is 3.76. The third-order valence-corrected chi connectivity index (χ3v) is 12.8. The van der Waals surface area contributed by atoms with Gasteiger partial charge in [-0.2, -0.15) is 0 Å². The van der Waals surface area contributed by atoms with Gasteiger partial charge < -0.3 is 0 Å². The fraction of sp³-hybridized carbons (Fsp3) is 0. The molecule has 0 fully saturated rings. The van der Waals surface area contributed by atoms with Crippen LogP contribution in [0.4, 0.5) is 0 Å². The Hall–Kier alpha value is -8.92. The summed E-state index contributed by atoms with van der Waals surface area (Å²) in [5.41, 5.74) is 19.9. The molecule has 12 aromatic rings. The van der Waals surface area contributed by atoms with Crippen LogP contribution in [-0.2, 0) is 0 Å². The molecule has 3 nitrogen and oxygen atoms in total. The maximum atomic E-state index is 5.49. The van der Waals surface area contributed by atoms with Crippen LogP contribution in [0.5, 0.6) is 0 Å². The van der Waals surface area contributed by atoms with Crippen LogP contribution in [0.3, 0.4) is 0 Å². The molecule has 0 spiro atoms. The first-order valence-corrected chi connectivity index (χ1v) is 22.8. The summed E-state index contributed by atoms with van der Waals surface area (Å²) in [5.74, 6) is 0.674. The maximum absolute atomic E-state index is 5.49. The number of hydrogen-bond acceptors (Lipinski definition) is 2. The van der Waals surface area contributed by atoms with Crippen LogP contribution >= 0.6 is 0 Å². The van der Waals surface area contributed by atoms with Crippen LogP contribution in [0, 0.1) is 0 Å². The molecule has 0 unspecified atom stereocenters. The van der Waals surface area contributed by atoms with Gasteiger partial charge in [-0.05, 0) is 121 Å². The normalized spacial score (nSPS) is 11.3. The van der Waals surface area contributed by atoms with Crippen molar-refractivity contribution in [3.8, 4) is 95.1 Å². The lowest BCUT2D eigenvalue weighted by Gasteiger charge is -2.13. The SMILES string of the molecule is c1ccc(-c2cc(-c3ccccc3)cc(-c3ccc(-c4cccc(-c5cccc(-c6nc(-c7cccc(-c8ccccc8)c7)c7c8ccccc8n(-c8ccccc8)c7n6)c5)c4)cc3)c2)cc1. The van der Waals surface area contributed by atoms with Crippen LogP contribution in [0.25, 0.3) is 117 Å². The molecule has 0 atom stereocenters. The van der Waals surface area contributed by atoms with E-state index in [0.29, 0.717) is 5.82 Å². The molecule has 0 saturated heterocycles. The van der Waals surface area contributed by atoms with Crippen LogP contribution in [0.1, 0.15) is 0 Å². The molecule has 2 heterocycles. The Morgan fingerprint density at radius 3 is 1.16 bits per heavy atom. The number of aromatic nitrogens is 3. The summed E-state index contributed by atoms with van der Waals surface area (Å²) in [5, 5.41) is 2.15. The lowest BCUT2D eigenvalue weighted by Crippen LogP contribution is -1.99. The molecule has 0 aliphatic rings. The zero-order valence-electron chi connectivity index (χ0n) is 36.7. The highest BCUT2D eigenvalue weighted by Gasteiger charge is 2.21. The highest BCUT2D eigenvalue weighted by molar-refractivity contribution is 6.14. The van der Waals surface area contributed by atoms with E-state index in [1.807, 2.05) is 0 Å². The largest absolute Gasteiger partial charge is 0.294 e. The minimum Gasteiger partial charge on any atom is -0.294 e. The molecule has 67 heavy (non-hydrogen) atoms. The molecule has 0 amide bonds. The van der Waals surface area contributed by atoms with Gasteiger partial charge in [0.15, 0.2) is 5.82 Å². The molecular weight excluding hydrogens is 811 g/mol. The lowest BCUT2D eigenvalue weighted by atomic mass is 9.92. The zero-order valence-corrected chi connectivity index (χ0v) is 36.7. The summed E-state index contributed by atoms with van der Waals surface area (Å²) in [7, 11) is 0. The van der Waals surface area contributed by atoms with E-state index in [1.54, 1.807) is 0 Å². The number of benzene rings is 10. The number of hydrogen-bond donors (Lipinski definition) is 0. The number of para-hydroxylation sites is 2. The van der Waals surface area contributed by atoms with Crippen molar-refractivity contribution in [1.82, 2.24) is 14.5 Å². The van der Waals surface area contributed by atoms with Gasteiger partial charge >= 0.3 is 0 Å². The van der Waals surface area contributed by atoms with Crippen LogP contribution in [0.2, 0.25) is 0 Å². The Morgan fingerprint density at radius 2 is 0.612 bits per heavy atom. The van der Waals surface area contributed by atoms with Crippen LogP contribution < -0.4 is 0 Å². The zero-order chi connectivity index (χ0) is 44.5. The molecule has 12 rings (SSSR count). The fourth-order valence-electron chi connectivity index (χ4n) is 9.47. The summed E-state index contributed by atoms with van der Waals surface area (Å²) in [6, 6.07) is 93.0. The molecule has 10 aromatic carbocycles. The molecule has 0 aliphatic carbocycles. The van der Waals surface area contributed by atoms with Gasteiger partial charge in [-0.3, -0.25) is 4.57 Å². The lowest BCUT2D eigenvalue weighted by molar-refractivity contribution is 1.11. The monoisotopic (exact) mass is 853 g/mol. The van der Waals surface area contributed by atoms with Gasteiger partial charge in [0.2, 0.25) is 0 Å². The molecular formula is C64H43N3. The van der Waals surface area contributed by atoms with Crippen molar-refractivity contribution in [3.05, 3.63) is 261 Å². The highest BCUT2D eigenvalue weighted by Crippen LogP contribution is 2.40. The second-order valence-electron chi connectivity index (χ2n) is 17.0. The third-order valence-electron chi connectivity index (χ3n) is 12.8. The quantitative estimate of drug-likeness (QED) is 0.145. The standard InChI is InChI=1S/C64H43N3/c1-5-18-44(19-6-1)50-25-16-28-53(39-50)62-61-59-32-13-14-33-60(59)67(58-30-11-4-12-31-58)64(61)66-63(65-62)54-29-17-27-52(40-54)51-26-15-24-49(38-51)47-34-36-48(37-35-47)57-42-55(45-20-7-2-8-21-45)41-56(43-57)46-22-9-3-10-23-46/h1-43H. The number of nitrogens with zero attached hydrogens (tertiary/aromatic N) is 3. The van der Waals surface area contributed by atoms with Crippen molar-refractivity contribution in [3.63, 3.8) is 0 Å². The molecule has 0 bridgehead atoms. The van der Waals surface area contributed by atoms with Gasteiger partial charge in [0.1, 0.15) is 5.65 Å². The van der Waals surface area contributed by atoms with Crippen molar-refractivity contribution in [1.29, 1.82) is 0 Å². The summed E-state index contributed by atoms with van der Waals surface area (Å²) >= 11 is 0. The van der Waals surface area contributed by atoms with E-state index in [1.165, 1.54) is 38.9 Å². The average molecular weight is 854 g/mol. The van der Waals surface area contributed by atoms with Crippen molar-refractivity contribution >= 4 is 21.9 Å². The van der Waals surface area contributed by atoms with Gasteiger partial charge in [-0.1, -0.05) is 206 Å². The predicted octanol–water partition coefficient (Wildman–Crippen LogP) is 16.9.